The molecule has 0 spiro atoms. The lowest BCUT2D eigenvalue weighted by atomic mass is 9.76. The van der Waals surface area contributed by atoms with Crippen LogP contribution in [0.25, 0.3) is 11.2 Å². The average molecular weight is 533 g/mol. The Labute approximate surface area is 220 Å². The Bertz CT molecular complexity index is 1230. The van der Waals surface area contributed by atoms with Crippen LogP contribution in [-0.4, -0.2) is 84.0 Å². The number of hydrogen-bond acceptors (Lipinski definition) is 7. The number of pyridine rings is 1. The van der Waals surface area contributed by atoms with Crippen molar-refractivity contribution in [3.8, 4) is 5.75 Å². The van der Waals surface area contributed by atoms with Crippen LogP contribution in [-0.2, 0) is 14.3 Å². The molecule has 2 N–H and O–H groups in total. The zero-order valence-corrected chi connectivity index (χ0v) is 21.6. The normalized spacial score (nSPS) is 25.9. The van der Waals surface area contributed by atoms with Crippen LogP contribution in [0.15, 0.2) is 42.4 Å². The van der Waals surface area contributed by atoms with Crippen molar-refractivity contribution in [1.82, 2.24) is 19.6 Å². The Morgan fingerprint density at radius 3 is 2.87 bits per heavy atom. The molecular formula is C27H34F2N4O5. The number of allylic oxidation sites excluding steroid dienone is 2. The summed E-state index contributed by atoms with van der Waals surface area (Å²) in [6.07, 6.45) is 8.19. The van der Waals surface area contributed by atoms with E-state index in [1.54, 1.807) is 19.2 Å². The molecule has 2 unspecified atom stereocenters. The van der Waals surface area contributed by atoms with Crippen molar-refractivity contribution in [2.75, 3.05) is 40.0 Å². The number of amides is 1. The van der Waals surface area contributed by atoms with Gasteiger partial charge >= 0.3 is 6.61 Å². The SMILES string of the molecule is COC1=CC(c2cnc3cc(OC[C@@H]4CCN(CCO)C4)ccn23)=CC(OC(F)F)C1(C)C(=O)NC1CC1. The van der Waals surface area contributed by atoms with E-state index < -0.39 is 24.0 Å². The van der Waals surface area contributed by atoms with Crippen molar-refractivity contribution in [2.24, 2.45) is 11.3 Å². The molecular weight excluding hydrogens is 498 g/mol. The number of carbonyl (C=O) groups excluding carboxylic acids is 1. The Kier molecular flexibility index (Phi) is 7.69. The maximum Gasteiger partial charge on any atom is 0.345 e. The van der Waals surface area contributed by atoms with Gasteiger partial charge in [-0.15, -0.1) is 0 Å². The number of methoxy groups -OCH3 is 1. The minimum atomic E-state index is -3.07. The van der Waals surface area contributed by atoms with Gasteiger partial charge < -0.3 is 29.5 Å². The predicted molar refractivity (Wildman–Crippen MR) is 136 cm³/mol. The van der Waals surface area contributed by atoms with Gasteiger partial charge in [0.25, 0.3) is 0 Å². The van der Waals surface area contributed by atoms with Crippen LogP contribution in [0, 0.1) is 11.3 Å². The predicted octanol–water partition coefficient (Wildman–Crippen LogP) is 2.85. The first-order chi connectivity index (χ1) is 18.3. The molecule has 1 amide bonds. The number of aliphatic hydroxyl groups excluding tert-OH is 1. The van der Waals surface area contributed by atoms with Crippen molar-refractivity contribution >= 4 is 17.1 Å². The first-order valence-corrected chi connectivity index (χ1v) is 13.0. The molecule has 3 aliphatic rings. The number of aromatic nitrogens is 2. The second kappa shape index (κ2) is 11.0. The van der Waals surface area contributed by atoms with Gasteiger partial charge in [-0.25, -0.2) is 4.98 Å². The summed E-state index contributed by atoms with van der Waals surface area (Å²) in [6.45, 7) is 1.77. The van der Waals surface area contributed by atoms with Crippen LogP contribution in [0.4, 0.5) is 8.78 Å². The third-order valence-corrected chi connectivity index (χ3v) is 7.60. The van der Waals surface area contributed by atoms with Gasteiger partial charge in [0, 0.05) is 42.9 Å². The minimum Gasteiger partial charge on any atom is -0.500 e. The fourth-order valence-electron chi connectivity index (χ4n) is 5.20. The fourth-order valence-corrected chi connectivity index (χ4v) is 5.20. The number of imidazole rings is 1. The number of nitrogens with one attached hydrogen (secondary N) is 1. The number of halogens is 2. The monoisotopic (exact) mass is 532 g/mol. The lowest BCUT2D eigenvalue weighted by Gasteiger charge is -2.38. The van der Waals surface area contributed by atoms with E-state index in [-0.39, 0.29) is 18.4 Å². The lowest BCUT2D eigenvalue weighted by molar-refractivity contribution is -0.181. The van der Waals surface area contributed by atoms with Crippen molar-refractivity contribution in [3.63, 3.8) is 0 Å². The molecule has 3 atom stereocenters. The summed E-state index contributed by atoms with van der Waals surface area (Å²) < 4.78 is 45.3. The van der Waals surface area contributed by atoms with Gasteiger partial charge in [-0.1, -0.05) is 0 Å². The molecule has 5 rings (SSSR count). The summed E-state index contributed by atoms with van der Waals surface area (Å²) >= 11 is 0. The highest BCUT2D eigenvalue weighted by molar-refractivity contribution is 5.90. The van der Waals surface area contributed by atoms with Crippen LogP contribution in [0.3, 0.4) is 0 Å². The first-order valence-electron chi connectivity index (χ1n) is 13.0. The molecule has 0 radical (unpaired) electrons. The van der Waals surface area contributed by atoms with Crippen molar-refractivity contribution < 1.29 is 32.9 Å². The van der Waals surface area contributed by atoms with E-state index in [1.807, 2.05) is 22.7 Å². The van der Waals surface area contributed by atoms with Crippen LogP contribution >= 0.6 is 0 Å². The van der Waals surface area contributed by atoms with E-state index in [1.165, 1.54) is 13.2 Å². The Morgan fingerprint density at radius 1 is 1.34 bits per heavy atom. The molecule has 0 bridgehead atoms. The maximum atomic E-state index is 13.5. The molecule has 2 aromatic rings. The number of carbonyl (C=O) groups is 1. The van der Waals surface area contributed by atoms with Gasteiger partial charge in [0.1, 0.15) is 28.7 Å². The van der Waals surface area contributed by atoms with E-state index in [0.29, 0.717) is 41.7 Å². The highest BCUT2D eigenvalue weighted by Gasteiger charge is 2.50. The maximum absolute atomic E-state index is 13.5. The van der Waals surface area contributed by atoms with Gasteiger partial charge in [-0.3, -0.25) is 9.20 Å². The topological polar surface area (TPSA) is 97.6 Å². The summed E-state index contributed by atoms with van der Waals surface area (Å²) in [7, 11) is 1.42. The second-order valence-corrected chi connectivity index (χ2v) is 10.3. The van der Waals surface area contributed by atoms with Crippen molar-refractivity contribution in [3.05, 3.63) is 48.1 Å². The highest BCUT2D eigenvalue weighted by Crippen LogP contribution is 2.43. The molecule has 1 aliphatic heterocycles. The number of nitrogens with zero attached hydrogens (tertiary/aromatic N) is 3. The molecule has 38 heavy (non-hydrogen) atoms. The number of likely N-dealkylation sites (tertiary alicyclic amines) is 1. The average Bonchev–Trinajstić information content (AvgIpc) is 3.42. The summed E-state index contributed by atoms with van der Waals surface area (Å²) in [4.78, 5) is 19.9. The molecule has 1 saturated heterocycles. The van der Waals surface area contributed by atoms with Crippen molar-refractivity contribution in [2.45, 2.75) is 44.9 Å². The van der Waals surface area contributed by atoms with Gasteiger partial charge in [0.2, 0.25) is 5.91 Å². The van der Waals surface area contributed by atoms with Crippen LogP contribution in [0.5, 0.6) is 5.75 Å². The van der Waals surface area contributed by atoms with E-state index in [2.05, 4.69) is 15.2 Å². The van der Waals surface area contributed by atoms with Crippen LogP contribution in [0.2, 0.25) is 0 Å². The van der Waals surface area contributed by atoms with E-state index in [9.17, 15) is 13.6 Å². The van der Waals surface area contributed by atoms with E-state index in [4.69, 9.17) is 19.3 Å². The number of hydrogen-bond donors (Lipinski definition) is 2. The van der Waals surface area contributed by atoms with E-state index in [0.717, 1.165) is 32.4 Å². The molecule has 206 valence electrons. The van der Waals surface area contributed by atoms with Gasteiger partial charge in [0.15, 0.2) is 0 Å². The molecule has 2 fully saturated rings. The molecule has 2 aliphatic carbocycles. The smallest absolute Gasteiger partial charge is 0.345 e. The minimum absolute atomic E-state index is 0.0540. The quantitative estimate of drug-likeness (QED) is 0.459. The Morgan fingerprint density at radius 2 is 2.16 bits per heavy atom. The summed E-state index contributed by atoms with van der Waals surface area (Å²) in [5.74, 6) is 0.914. The van der Waals surface area contributed by atoms with Gasteiger partial charge in [-0.05, 0) is 50.9 Å². The first kappa shape index (κ1) is 26.6. The van der Waals surface area contributed by atoms with Gasteiger partial charge in [-0.2, -0.15) is 8.78 Å². The lowest BCUT2D eigenvalue weighted by Crippen LogP contribution is -2.51. The molecule has 9 nitrogen and oxygen atoms in total. The largest absolute Gasteiger partial charge is 0.500 e. The molecule has 11 heteroatoms. The summed E-state index contributed by atoms with van der Waals surface area (Å²) in [5.41, 5.74) is 0.376. The summed E-state index contributed by atoms with van der Waals surface area (Å²) in [5, 5.41) is 12.0. The van der Waals surface area contributed by atoms with Crippen LogP contribution < -0.4 is 10.1 Å². The van der Waals surface area contributed by atoms with Gasteiger partial charge in [0.05, 0.1) is 32.2 Å². The number of β-amino-alcohol motifs (C(OH)–C–C–N with tert-alkyl or cyclic N) is 1. The zero-order chi connectivity index (χ0) is 26.9. The van der Waals surface area contributed by atoms with Crippen molar-refractivity contribution in [1.29, 1.82) is 0 Å². The Balaban J connectivity index is 1.37. The number of alkyl halides is 2. The summed E-state index contributed by atoms with van der Waals surface area (Å²) in [6, 6.07) is 3.72. The van der Waals surface area contributed by atoms with E-state index >= 15 is 0 Å². The molecule has 0 aromatic carbocycles. The van der Waals surface area contributed by atoms with Crippen LogP contribution in [0.1, 0.15) is 31.9 Å². The molecule has 2 aromatic heterocycles. The number of aliphatic hydroxyl groups is 1. The third kappa shape index (κ3) is 5.41. The number of ether oxygens (including phenoxy) is 3. The number of fused-ring (bicyclic) bond motifs is 1. The standard InChI is InChI=1S/C27H34F2N4O5/c1-27(25(35)31-19-3-4-19)22(36-2)11-18(12-23(27)38-26(28)29)21-14-30-24-13-20(6-8-33(21)24)37-16-17-5-7-32(15-17)9-10-34/h6,8,11-14,17,19,23,26,34H,3-5,7,9-10,15-16H2,1-2H3,(H,31,35)/t17-,23?,27?/m1/s1. The highest BCUT2D eigenvalue weighted by atomic mass is 19.3. The second-order valence-electron chi connectivity index (χ2n) is 10.3. The molecule has 1 saturated carbocycles. The number of rotatable bonds is 11. The Hall–Kier alpha value is -3.02. The fraction of sp³-hybridized carbons (Fsp3) is 0.556. The zero-order valence-electron chi connectivity index (χ0n) is 21.6. The molecule has 3 heterocycles. The third-order valence-electron chi connectivity index (χ3n) is 7.60.